The van der Waals surface area contributed by atoms with Crippen molar-refractivity contribution >= 4 is 5.91 Å². The summed E-state index contributed by atoms with van der Waals surface area (Å²) in [7, 11) is 0. The highest BCUT2D eigenvalue weighted by atomic mass is 19.1. The highest BCUT2D eigenvalue weighted by Crippen LogP contribution is 2.26. The number of primary amides is 1. The van der Waals surface area contributed by atoms with Crippen LogP contribution in [-0.4, -0.2) is 12.5 Å². The second-order valence-corrected chi connectivity index (χ2v) is 7.22. The maximum absolute atomic E-state index is 14.4. The van der Waals surface area contributed by atoms with E-state index < -0.39 is 5.91 Å². The first-order chi connectivity index (χ1) is 12.6. The molecule has 0 aromatic heterocycles. The Kier molecular flexibility index (Phi) is 6.40. The Morgan fingerprint density at radius 1 is 1.08 bits per heavy atom. The highest BCUT2D eigenvalue weighted by molar-refractivity contribution is 5.94. The highest BCUT2D eigenvalue weighted by Gasteiger charge is 2.13. The zero-order valence-corrected chi connectivity index (χ0v) is 15.1. The van der Waals surface area contributed by atoms with Crippen molar-refractivity contribution in [3.05, 3.63) is 59.4 Å². The summed E-state index contributed by atoms with van der Waals surface area (Å²) in [6, 6.07) is 12.2. The molecule has 138 valence electrons. The molecule has 3 nitrogen and oxygen atoms in total. The Balaban J connectivity index is 1.57. The van der Waals surface area contributed by atoms with Crippen LogP contribution in [0.1, 0.15) is 54.4 Å². The van der Waals surface area contributed by atoms with Crippen LogP contribution < -0.4 is 11.1 Å². The lowest BCUT2D eigenvalue weighted by molar-refractivity contribution is 0.100. The Labute approximate surface area is 154 Å². The smallest absolute Gasteiger partial charge is 0.248 e. The van der Waals surface area contributed by atoms with Gasteiger partial charge in [-0.2, -0.15) is 0 Å². The molecule has 0 unspecified atom stereocenters. The maximum Gasteiger partial charge on any atom is 0.248 e. The molecule has 0 aliphatic heterocycles. The van der Waals surface area contributed by atoms with E-state index in [4.69, 9.17) is 5.73 Å². The van der Waals surface area contributed by atoms with Crippen LogP contribution in [0.15, 0.2) is 42.5 Å². The lowest BCUT2D eigenvalue weighted by Crippen LogP contribution is -2.19. The molecule has 26 heavy (non-hydrogen) atoms. The summed E-state index contributed by atoms with van der Waals surface area (Å²) in [4.78, 5) is 11.3. The Morgan fingerprint density at radius 2 is 1.85 bits per heavy atom. The molecular weight excluding hydrogens is 327 g/mol. The molecule has 1 fully saturated rings. The van der Waals surface area contributed by atoms with Gasteiger partial charge in [-0.15, -0.1) is 0 Å². The predicted molar refractivity (Wildman–Crippen MR) is 103 cm³/mol. The van der Waals surface area contributed by atoms with E-state index in [0.717, 1.165) is 23.6 Å². The van der Waals surface area contributed by atoms with Crippen molar-refractivity contribution in [1.29, 1.82) is 0 Å². The van der Waals surface area contributed by atoms with Gasteiger partial charge in [0, 0.05) is 17.7 Å². The van der Waals surface area contributed by atoms with E-state index in [2.05, 4.69) is 5.32 Å². The SMILES string of the molecule is NC(=O)c1cccc(-c2ccc(CNCCC3CCCCC3)c(F)c2)c1. The van der Waals surface area contributed by atoms with Crippen molar-refractivity contribution in [1.82, 2.24) is 5.32 Å². The van der Waals surface area contributed by atoms with E-state index in [-0.39, 0.29) is 5.82 Å². The molecule has 4 heteroatoms. The monoisotopic (exact) mass is 354 g/mol. The first-order valence-electron chi connectivity index (χ1n) is 9.53. The lowest BCUT2D eigenvalue weighted by Gasteiger charge is -2.21. The topological polar surface area (TPSA) is 55.1 Å². The van der Waals surface area contributed by atoms with Gasteiger partial charge >= 0.3 is 0 Å². The normalized spacial score (nSPS) is 15.1. The summed E-state index contributed by atoms with van der Waals surface area (Å²) in [6.07, 6.45) is 7.96. The van der Waals surface area contributed by atoms with Crippen molar-refractivity contribution in [2.24, 2.45) is 11.7 Å². The van der Waals surface area contributed by atoms with Gasteiger partial charge in [0.1, 0.15) is 5.82 Å². The molecule has 1 saturated carbocycles. The molecule has 1 aliphatic rings. The molecule has 2 aromatic carbocycles. The zero-order valence-electron chi connectivity index (χ0n) is 15.1. The van der Waals surface area contributed by atoms with Crippen LogP contribution >= 0.6 is 0 Å². The van der Waals surface area contributed by atoms with Gasteiger partial charge in [-0.3, -0.25) is 4.79 Å². The molecule has 0 atom stereocenters. The Morgan fingerprint density at radius 3 is 2.58 bits per heavy atom. The van der Waals surface area contributed by atoms with E-state index in [1.807, 2.05) is 18.2 Å². The van der Waals surface area contributed by atoms with Crippen LogP contribution in [0.25, 0.3) is 11.1 Å². The minimum atomic E-state index is -0.480. The van der Waals surface area contributed by atoms with Crippen molar-refractivity contribution in [3.8, 4) is 11.1 Å². The van der Waals surface area contributed by atoms with Gasteiger partial charge in [-0.1, -0.05) is 56.4 Å². The van der Waals surface area contributed by atoms with Crippen molar-refractivity contribution < 1.29 is 9.18 Å². The van der Waals surface area contributed by atoms with Crippen molar-refractivity contribution in [2.45, 2.75) is 45.1 Å². The molecule has 0 radical (unpaired) electrons. The summed E-state index contributed by atoms with van der Waals surface area (Å²) < 4.78 is 14.4. The molecule has 3 N–H and O–H groups in total. The molecule has 1 amide bonds. The maximum atomic E-state index is 14.4. The van der Waals surface area contributed by atoms with E-state index in [1.165, 1.54) is 44.6 Å². The fourth-order valence-electron chi connectivity index (χ4n) is 3.73. The first kappa shape index (κ1) is 18.6. The van der Waals surface area contributed by atoms with E-state index in [1.54, 1.807) is 18.2 Å². The van der Waals surface area contributed by atoms with Gasteiger partial charge in [-0.25, -0.2) is 4.39 Å². The fraction of sp³-hybridized carbons (Fsp3) is 0.409. The zero-order chi connectivity index (χ0) is 18.4. The molecule has 0 bridgehead atoms. The Hall–Kier alpha value is -2.20. The third-order valence-electron chi connectivity index (χ3n) is 5.30. The van der Waals surface area contributed by atoms with E-state index in [0.29, 0.717) is 17.7 Å². The number of benzene rings is 2. The molecule has 0 spiro atoms. The molecule has 0 heterocycles. The number of carbonyl (C=O) groups is 1. The largest absolute Gasteiger partial charge is 0.366 e. The summed E-state index contributed by atoms with van der Waals surface area (Å²) in [5.41, 5.74) is 7.95. The van der Waals surface area contributed by atoms with Gasteiger partial charge in [0.15, 0.2) is 0 Å². The third kappa shape index (κ3) is 4.92. The minimum absolute atomic E-state index is 0.225. The number of carbonyl (C=O) groups excluding carboxylic acids is 1. The Bertz CT molecular complexity index is 754. The quantitative estimate of drug-likeness (QED) is 0.711. The number of nitrogens with one attached hydrogen (secondary N) is 1. The lowest BCUT2D eigenvalue weighted by atomic mass is 9.87. The van der Waals surface area contributed by atoms with Gasteiger partial charge in [0.2, 0.25) is 5.91 Å². The van der Waals surface area contributed by atoms with Crippen LogP contribution in [-0.2, 0) is 6.54 Å². The van der Waals surface area contributed by atoms with Crippen LogP contribution in [0.4, 0.5) is 4.39 Å². The summed E-state index contributed by atoms with van der Waals surface area (Å²) in [6.45, 7) is 1.48. The summed E-state index contributed by atoms with van der Waals surface area (Å²) >= 11 is 0. The molecule has 3 rings (SSSR count). The van der Waals surface area contributed by atoms with Crippen LogP contribution in [0, 0.1) is 11.7 Å². The van der Waals surface area contributed by atoms with Crippen LogP contribution in [0.2, 0.25) is 0 Å². The molecular formula is C22H27FN2O. The van der Waals surface area contributed by atoms with E-state index >= 15 is 0 Å². The standard InChI is InChI=1S/C22H27FN2O/c23-21-14-18(17-7-4-8-19(13-17)22(24)26)9-10-20(21)15-25-12-11-16-5-2-1-3-6-16/h4,7-10,13-14,16,25H,1-3,5-6,11-12,15H2,(H2,24,26). The number of hydrogen-bond donors (Lipinski definition) is 2. The average molecular weight is 354 g/mol. The molecule has 1 aliphatic carbocycles. The predicted octanol–water partition coefficient (Wildman–Crippen LogP) is 4.65. The van der Waals surface area contributed by atoms with Crippen molar-refractivity contribution in [3.63, 3.8) is 0 Å². The minimum Gasteiger partial charge on any atom is -0.366 e. The number of hydrogen-bond acceptors (Lipinski definition) is 2. The number of nitrogens with two attached hydrogens (primary N) is 1. The van der Waals surface area contributed by atoms with Crippen molar-refractivity contribution in [2.75, 3.05) is 6.54 Å². The second-order valence-electron chi connectivity index (χ2n) is 7.22. The van der Waals surface area contributed by atoms with Gasteiger partial charge in [0.25, 0.3) is 0 Å². The number of amides is 1. The summed E-state index contributed by atoms with van der Waals surface area (Å²) in [5, 5.41) is 3.37. The third-order valence-corrected chi connectivity index (χ3v) is 5.30. The average Bonchev–Trinajstić information content (AvgIpc) is 2.67. The van der Waals surface area contributed by atoms with Gasteiger partial charge < -0.3 is 11.1 Å². The van der Waals surface area contributed by atoms with Gasteiger partial charge in [-0.05, 0) is 48.2 Å². The van der Waals surface area contributed by atoms with Gasteiger partial charge in [0.05, 0.1) is 0 Å². The van der Waals surface area contributed by atoms with E-state index in [9.17, 15) is 9.18 Å². The number of halogens is 1. The molecule has 2 aromatic rings. The second kappa shape index (κ2) is 8.95. The number of rotatable bonds is 7. The summed E-state index contributed by atoms with van der Waals surface area (Å²) in [5.74, 6) is 0.129. The fourth-order valence-corrected chi connectivity index (χ4v) is 3.73. The van der Waals surface area contributed by atoms with Crippen LogP contribution in [0.3, 0.4) is 0 Å². The molecule has 0 saturated heterocycles. The first-order valence-corrected chi connectivity index (χ1v) is 9.53. The van der Waals surface area contributed by atoms with Crippen LogP contribution in [0.5, 0.6) is 0 Å².